The van der Waals surface area contributed by atoms with Crippen LogP contribution >= 0.6 is 30.1 Å². The van der Waals surface area contributed by atoms with Crippen LogP contribution in [0.4, 0.5) is 45.5 Å². The van der Waals surface area contributed by atoms with Crippen LogP contribution in [0.25, 0.3) is 0 Å². The number of hydrogen-bond acceptors (Lipinski definition) is 28. The van der Waals surface area contributed by atoms with E-state index < -0.39 is 140 Å². The molecule has 8 aliphatic heterocycles. The number of amidine groups is 4. The molecule has 1 saturated carbocycles. The van der Waals surface area contributed by atoms with E-state index in [1.807, 2.05) is 90.0 Å². The fraction of sp³-hybridized carbons (Fsp3) is 0.608. The Bertz CT molecular complexity index is 6900. The quantitative estimate of drug-likeness (QED) is 0.0208. The van der Waals surface area contributed by atoms with Crippen molar-refractivity contribution in [1.82, 2.24) is 19.6 Å². The van der Waals surface area contributed by atoms with Crippen molar-refractivity contribution in [2.45, 2.75) is 276 Å². The number of carbonyl (C=O) groups excluding carboxylic acids is 4. The molecule has 8 heterocycles. The molecule has 0 bridgehead atoms. The number of carbonyl (C=O) groups is 4. The van der Waals surface area contributed by atoms with Gasteiger partial charge in [-0.05, 0) is 195 Å². The number of aliphatic hydroxyl groups excluding tert-OH is 4. The zero-order valence-corrected chi connectivity index (χ0v) is 99.7. The number of hydrogen-bond donors (Lipinski definition) is 11. The molecule has 0 radical (unpaired) electrons. The van der Waals surface area contributed by atoms with Crippen LogP contribution in [0.2, 0.25) is 0 Å². The highest BCUT2D eigenvalue weighted by Gasteiger charge is 2.55. The fourth-order valence-electron chi connectivity index (χ4n) is 18.2. The lowest BCUT2D eigenvalue weighted by atomic mass is 9.84. The Morgan fingerprint density at radius 1 is 0.393 bits per heavy atom. The third kappa shape index (κ3) is 29.8. The summed E-state index contributed by atoms with van der Waals surface area (Å²) in [4.78, 5) is 61.6. The summed E-state index contributed by atoms with van der Waals surface area (Å²) in [5, 5.41) is 58.5. The maximum absolute atomic E-state index is 14.2. The van der Waals surface area contributed by atoms with Crippen LogP contribution in [0.15, 0.2) is 137 Å². The van der Waals surface area contributed by atoms with E-state index in [0.29, 0.717) is 61.0 Å². The molecule has 0 aromatic heterocycles. The van der Waals surface area contributed by atoms with E-state index in [-0.39, 0.29) is 167 Å². The van der Waals surface area contributed by atoms with E-state index in [1.54, 1.807) is 77.6 Å². The Kier molecular flexibility index (Phi) is 36.3. The number of anilines is 8. The highest BCUT2D eigenvalue weighted by atomic mass is 32.2. The van der Waals surface area contributed by atoms with Crippen LogP contribution in [-0.4, -0.2) is 229 Å². The van der Waals surface area contributed by atoms with Crippen LogP contribution in [0.3, 0.4) is 0 Å². The second-order valence-electron chi connectivity index (χ2n) is 48.8. The average molecular weight is 2240 g/mol. The SMILES string of the molecule is CC(C)(C)CCN1C(=O)C(C2=NP(=O)(OCC3CC3)c3cc(NS(C)(=O)=O)ccc3N2)=C(O)C1C(C)(C)C.CC(C)OP1(=O)N=C(C2=C(O)C(C(C)(C)C)N(CCC(C)(C)C)C2=O)Nc2ccc(NS(C)(=O)=O)cc21.CCCOP1(=O)N=C(C2=C(O)C(C(C)(C)C)N(CCC(C)(C)C)C2=O)Nc2ccc(NS(C)(=O)=O)cc21.CCOP1(=O)N=C(C2=C(O)C(C(C)(C)C)N(CCC(C)(C)C)C2=O)Nc2ccc(N(CC)S(C)(=O)=O)cc21. The molecule has 0 saturated heterocycles. The molecule has 8 unspecified atom stereocenters. The lowest BCUT2D eigenvalue weighted by Crippen LogP contribution is -2.45. The molecule has 9 aliphatic rings. The summed E-state index contributed by atoms with van der Waals surface area (Å²) in [5.74, 6) is -1.86. The van der Waals surface area contributed by atoms with Gasteiger partial charge in [-0.1, -0.05) is 173 Å². The lowest BCUT2D eigenvalue weighted by Gasteiger charge is -2.36. The summed E-state index contributed by atoms with van der Waals surface area (Å²) in [6, 6.07) is 15.8. The first-order chi connectivity index (χ1) is 68.3. The minimum absolute atomic E-state index is 0.00420. The molecule has 8 atom stereocenters. The molecule has 13 rings (SSSR count). The van der Waals surface area contributed by atoms with Crippen molar-refractivity contribution >= 4 is 184 Å². The standard InChI is InChI=1S/C26H39N4O6PS.C26H41N4O6PS.2C25H39N4O6PS/c1-25(2,3)12-13-30-22(26(4,5)6)21(31)20(24(30)32)23-27-18-11-10-17(29-38(7,34)35)14-19(18)37(33,28-23)36-15-16-8-9-16;1-10-30(38(9,34)35)17-12-13-18-19(16-17)37(33,36-11-2)28-23(27-18)20-21(31)22(26(6,7)8)29(24(20)32)15-14-25(3,4)5;1-15(2)35-36(32)18-14-16(28-37(9,33)34)10-11-17(18)26-22(27-36)19-20(30)21(25(6,7)8)29(23(19)31)13-12-24(3,4)5;1-9-14-35-36(32)18-15-16(28-37(8,33)34)10-11-17(18)26-22(27-36)19-20(30)21(25(5,6)7)29(23(19)31)13-12-24(2,3)4/h10-11,14,16,22,29,31H,8-9,12-13,15H2,1-7H3,(H,27,28,33);12-13,16,22,31H,10-11,14-15H2,1-9H3,(H,27,28,33);10-11,14-15,21,28,30H,12-13H2,1-9H3,(H,26,27,32);10-11,15,21,28,30H,9,12-14H2,1-8H3,(H,26,27,32). The normalized spacial score (nSPS) is 23.0. The Morgan fingerprint density at radius 3 is 0.893 bits per heavy atom. The average Bonchev–Trinajstić information content (AvgIpc) is 1.56. The zero-order chi connectivity index (χ0) is 113. The van der Waals surface area contributed by atoms with Gasteiger partial charge in [0.1, 0.15) is 45.3 Å². The van der Waals surface area contributed by atoms with Crippen LogP contribution in [0.5, 0.6) is 0 Å². The second-order valence-corrected chi connectivity index (χ2v) is 63.8. The predicted octanol–water partition coefficient (Wildman–Crippen LogP) is 18.6. The number of nitrogens with zero attached hydrogens (tertiary/aromatic N) is 9. The van der Waals surface area contributed by atoms with E-state index in [4.69, 9.17) is 18.1 Å². The van der Waals surface area contributed by atoms with Crippen molar-refractivity contribution in [3.05, 3.63) is 118 Å². The summed E-state index contributed by atoms with van der Waals surface area (Å²) in [6.45, 7) is 59.5. The first-order valence-electron chi connectivity index (χ1n) is 50.3. The van der Waals surface area contributed by atoms with Crippen molar-refractivity contribution in [3.63, 3.8) is 0 Å². The number of amides is 4. The molecule has 4 aromatic rings. The van der Waals surface area contributed by atoms with Crippen LogP contribution in [0, 0.1) is 49.2 Å². The van der Waals surface area contributed by atoms with Gasteiger partial charge >= 0.3 is 30.1 Å². The molecule has 48 heteroatoms. The third-order valence-corrected chi connectivity index (χ3v) is 36.4. The van der Waals surface area contributed by atoms with E-state index in [9.17, 15) is 91.5 Å². The van der Waals surface area contributed by atoms with Crippen molar-refractivity contribution in [1.29, 1.82) is 0 Å². The molecule has 0 spiro atoms. The Labute approximate surface area is 887 Å². The van der Waals surface area contributed by atoms with E-state index in [1.165, 1.54) is 46.8 Å². The van der Waals surface area contributed by atoms with E-state index in [0.717, 1.165) is 63.5 Å². The molecule has 4 aromatic carbocycles. The summed E-state index contributed by atoms with van der Waals surface area (Å²) >= 11 is 0. The van der Waals surface area contributed by atoms with Gasteiger partial charge < -0.3 is 79.4 Å². The van der Waals surface area contributed by atoms with Gasteiger partial charge in [0.15, 0.2) is 23.3 Å². The van der Waals surface area contributed by atoms with Crippen molar-refractivity contribution in [3.8, 4) is 0 Å². The number of nitrogens with one attached hydrogen (secondary N) is 7. The van der Waals surface area contributed by atoms with Gasteiger partial charge in [-0.3, -0.25) is 55.9 Å². The molecular formula is C102H158N16O24P4S4. The molecule has 4 amide bonds. The van der Waals surface area contributed by atoms with Gasteiger partial charge in [0.05, 0.1) is 125 Å². The molecule has 150 heavy (non-hydrogen) atoms. The van der Waals surface area contributed by atoms with Crippen molar-refractivity contribution < 1.29 is 110 Å². The van der Waals surface area contributed by atoms with Gasteiger partial charge in [0.25, 0.3) is 23.6 Å². The van der Waals surface area contributed by atoms with Crippen LogP contribution in [-0.2, 0) is 95.6 Å². The monoisotopic (exact) mass is 2240 g/mol. The second kappa shape index (κ2) is 44.4. The van der Waals surface area contributed by atoms with Crippen molar-refractivity contribution in [2.75, 3.05) is 117 Å². The number of benzene rings is 4. The number of rotatable bonds is 31. The number of aliphatic hydroxyl groups is 4. The maximum atomic E-state index is 14.2. The first-order valence-corrected chi connectivity index (χ1v) is 64.1. The molecule has 11 N–H and O–H groups in total. The Hall–Kier alpha value is -9.44. The summed E-state index contributed by atoms with van der Waals surface area (Å²) in [6.07, 6.45) is 9.09. The van der Waals surface area contributed by atoms with Crippen LogP contribution < -0.4 is 61.0 Å². The van der Waals surface area contributed by atoms with Gasteiger partial charge in [0.2, 0.25) is 40.1 Å². The summed E-state index contributed by atoms with van der Waals surface area (Å²) in [5.41, 5.74) is 0.319. The Morgan fingerprint density at radius 2 is 0.653 bits per heavy atom. The van der Waals surface area contributed by atoms with Crippen LogP contribution in [0.1, 0.15) is 246 Å². The molecule has 1 aliphatic carbocycles. The molecule has 40 nitrogen and oxygen atoms in total. The summed E-state index contributed by atoms with van der Waals surface area (Å²) in [7, 11) is -30.0. The largest absolute Gasteiger partial charge is 0.509 e. The van der Waals surface area contributed by atoms with Gasteiger partial charge in [-0.15, -0.1) is 0 Å². The van der Waals surface area contributed by atoms with E-state index >= 15 is 0 Å². The zero-order valence-electron chi connectivity index (χ0n) is 92.9. The third-order valence-electron chi connectivity index (χ3n) is 25.2. The molecule has 1 fully saturated rings. The van der Waals surface area contributed by atoms with E-state index in [2.05, 4.69) is 138 Å². The van der Waals surface area contributed by atoms with Gasteiger partial charge in [0, 0.05) is 49.8 Å². The lowest BCUT2D eigenvalue weighted by molar-refractivity contribution is -0.129. The minimum atomic E-state index is -3.96. The first kappa shape index (κ1) is 122. The topological polar surface area (TPSA) is 541 Å². The number of fused-ring (bicyclic) bond motifs is 4. The van der Waals surface area contributed by atoms with Gasteiger partial charge in [-0.25, -0.2) is 33.7 Å². The van der Waals surface area contributed by atoms with Gasteiger partial charge in [-0.2, -0.15) is 19.1 Å². The predicted molar refractivity (Wildman–Crippen MR) is 600 cm³/mol. The smallest absolute Gasteiger partial charge is 0.348 e. The highest BCUT2D eigenvalue weighted by molar-refractivity contribution is 7.92. The summed E-state index contributed by atoms with van der Waals surface area (Å²) < 4.78 is 201. The van der Waals surface area contributed by atoms with Crippen molar-refractivity contribution in [2.24, 2.45) is 68.3 Å². The fourth-order valence-corrected chi connectivity index (χ4v) is 28.4. The molecule has 834 valence electrons. The highest BCUT2D eigenvalue weighted by Crippen LogP contribution is 2.59. The number of sulfonamides is 4. The Balaban J connectivity index is 0.000000204. The molecular weight excluding hydrogens is 2090 g/mol. The maximum Gasteiger partial charge on any atom is 0.348 e. The minimum Gasteiger partial charge on any atom is -0.509 e.